The number of halogens is 3. The summed E-state index contributed by atoms with van der Waals surface area (Å²) in [6.45, 7) is -0.0405. The predicted molar refractivity (Wildman–Crippen MR) is 113 cm³/mol. The second-order valence-electron chi connectivity index (χ2n) is 8.36. The zero-order valence-corrected chi connectivity index (χ0v) is 18.2. The van der Waals surface area contributed by atoms with Crippen molar-refractivity contribution in [2.24, 2.45) is 11.8 Å². The van der Waals surface area contributed by atoms with Crippen molar-refractivity contribution in [2.45, 2.75) is 31.3 Å². The number of fused-ring (bicyclic) bond motifs is 1. The van der Waals surface area contributed by atoms with Crippen molar-refractivity contribution >= 4 is 23.4 Å². The largest absolute Gasteiger partial charge is 0.494 e. The fraction of sp³-hybridized carbons (Fsp3) is 0.391. The molecule has 2 aromatic rings. The molecule has 170 valence electrons. The van der Waals surface area contributed by atoms with Gasteiger partial charge in [0.05, 0.1) is 12.1 Å². The highest BCUT2D eigenvalue weighted by atomic mass is 35.5. The van der Waals surface area contributed by atoms with E-state index in [9.17, 15) is 18.4 Å². The van der Waals surface area contributed by atoms with E-state index in [1.807, 2.05) is 0 Å². The minimum absolute atomic E-state index is 0.0198. The number of benzene rings is 2. The van der Waals surface area contributed by atoms with Crippen LogP contribution in [0.15, 0.2) is 36.4 Å². The average Bonchev–Trinajstić information content (AvgIpc) is 3.28. The summed E-state index contributed by atoms with van der Waals surface area (Å²) in [5.41, 5.74) is 0.228. The number of hydrogen-bond acceptors (Lipinski definition) is 4. The molecule has 0 aliphatic heterocycles. The van der Waals surface area contributed by atoms with Gasteiger partial charge in [-0.25, -0.2) is 8.78 Å². The summed E-state index contributed by atoms with van der Waals surface area (Å²) < 4.78 is 37.5. The lowest BCUT2D eigenvalue weighted by atomic mass is 9.76. The highest BCUT2D eigenvalue weighted by molar-refractivity contribution is 6.30. The minimum atomic E-state index is -0.618. The van der Waals surface area contributed by atoms with Gasteiger partial charge in [0.2, 0.25) is 5.91 Å². The smallest absolute Gasteiger partial charge is 0.258 e. The summed E-state index contributed by atoms with van der Waals surface area (Å²) in [6.07, 6.45) is 1.99. The van der Waals surface area contributed by atoms with E-state index in [-0.39, 0.29) is 53.3 Å². The van der Waals surface area contributed by atoms with Gasteiger partial charge in [-0.2, -0.15) is 0 Å². The number of rotatable bonds is 8. The second-order valence-corrected chi connectivity index (χ2v) is 8.77. The van der Waals surface area contributed by atoms with Crippen LogP contribution in [0.25, 0.3) is 0 Å². The molecule has 2 aromatic carbocycles. The van der Waals surface area contributed by atoms with Gasteiger partial charge in [0.15, 0.2) is 18.2 Å². The first kappa shape index (κ1) is 22.3. The Morgan fingerprint density at radius 2 is 1.91 bits per heavy atom. The van der Waals surface area contributed by atoms with Crippen LogP contribution in [0.4, 0.5) is 8.78 Å². The van der Waals surface area contributed by atoms with E-state index < -0.39 is 17.2 Å². The standard InChI is InChI=1S/C23H23ClF2N2O4/c1-31-20-5-2-13(6-19(20)26)11-27-22(30)16-10-23(8-14(16)9-23)28-21(29)12-32-15-3-4-17(24)18(25)7-15/h2-7,14,16H,8-12H2,1H3,(H,27,30)(H,28,29). The number of nitrogens with one attached hydrogen (secondary N) is 2. The third-order valence-electron chi connectivity index (χ3n) is 6.17. The number of methoxy groups -OCH3 is 1. The lowest BCUT2D eigenvalue weighted by molar-refractivity contribution is -0.126. The molecule has 0 aromatic heterocycles. The highest BCUT2D eigenvalue weighted by Crippen LogP contribution is 2.55. The molecule has 0 radical (unpaired) electrons. The Balaban J connectivity index is 1.25. The number of amides is 2. The molecule has 3 saturated carbocycles. The van der Waals surface area contributed by atoms with Crippen molar-refractivity contribution in [3.63, 3.8) is 0 Å². The van der Waals surface area contributed by atoms with E-state index >= 15 is 0 Å². The molecule has 0 heterocycles. The molecule has 3 aliphatic carbocycles. The number of ether oxygens (including phenoxy) is 2. The van der Waals surface area contributed by atoms with E-state index in [2.05, 4.69) is 10.6 Å². The third-order valence-corrected chi connectivity index (χ3v) is 6.48. The van der Waals surface area contributed by atoms with Crippen LogP contribution >= 0.6 is 11.6 Å². The van der Waals surface area contributed by atoms with Crippen molar-refractivity contribution < 1.29 is 27.8 Å². The third kappa shape index (κ3) is 4.65. The van der Waals surface area contributed by atoms with E-state index in [4.69, 9.17) is 21.1 Å². The SMILES string of the molecule is COc1ccc(CNC(=O)C2CC3(NC(=O)COc4ccc(Cl)c(F)c4)CC2C3)cc1F. The van der Waals surface area contributed by atoms with E-state index in [0.29, 0.717) is 12.0 Å². The van der Waals surface area contributed by atoms with Crippen LogP contribution in [-0.4, -0.2) is 31.1 Å². The maximum absolute atomic E-state index is 13.8. The molecule has 1 atom stereocenters. The van der Waals surface area contributed by atoms with Gasteiger partial charge in [0, 0.05) is 24.1 Å². The average molecular weight is 465 g/mol. The first-order valence-electron chi connectivity index (χ1n) is 10.3. The molecule has 5 rings (SSSR count). The van der Waals surface area contributed by atoms with Gasteiger partial charge in [-0.05, 0) is 55.0 Å². The number of carbonyl (C=O) groups excluding carboxylic acids is 2. The van der Waals surface area contributed by atoms with Gasteiger partial charge in [0.1, 0.15) is 11.6 Å². The summed E-state index contributed by atoms with van der Waals surface area (Å²) in [5, 5.41) is 5.81. The van der Waals surface area contributed by atoms with Gasteiger partial charge < -0.3 is 20.1 Å². The van der Waals surface area contributed by atoms with Gasteiger partial charge in [-0.15, -0.1) is 0 Å². The van der Waals surface area contributed by atoms with Gasteiger partial charge in [0.25, 0.3) is 5.91 Å². The Morgan fingerprint density at radius 3 is 2.59 bits per heavy atom. The summed E-state index contributed by atoms with van der Waals surface area (Å²) >= 11 is 5.63. The summed E-state index contributed by atoms with van der Waals surface area (Å²) in [4.78, 5) is 25.0. The van der Waals surface area contributed by atoms with Gasteiger partial charge >= 0.3 is 0 Å². The Kier molecular flexibility index (Phi) is 6.24. The number of hydrogen-bond donors (Lipinski definition) is 2. The zero-order chi connectivity index (χ0) is 22.9. The Hall–Kier alpha value is -2.87. The molecule has 3 aliphatic rings. The lowest BCUT2D eigenvalue weighted by Crippen LogP contribution is -2.53. The first-order chi connectivity index (χ1) is 15.3. The van der Waals surface area contributed by atoms with E-state index in [1.54, 1.807) is 6.07 Å². The fourth-order valence-electron chi connectivity index (χ4n) is 4.63. The maximum Gasteiger partial charge on any atom is 0.258 e. The molecule has 2 bridgehead atoms. The maximum atomic E-state index is 13.8. The van der Waals surface area contributed by atoms with E-state index in [0.717, 1.165) is 18.9 Å². The molecular weight excluding hydrogens is 442 g/mol. The minimum Gasteiger partial charge on any atom is -0.494 e. The fourth-order valence-corrected chi connectivity index (χ4v) is 4.75. The molecule has 0 saturated heterocycles. The van der Waals surface area contributed by atoms with Crippen LogP contribution in [-0.2, 0) is 16.1 Å². The second kappa shape index (κ2) is 8.94. The molecule has 2 amide bonds. The number of carbonyl (C=O) groups is 2. The van der Waals surface area contributed by atoms with Crippen molar-refractivity contribution in [3.8, 4) is 11.5 Å². The quantitative estimate of drug-likeness (QED) is 0.625. The molecule has 9 heteroatoms. The Labute approximate surface area is 189 Å². The van der Waals surface area contributed by atoms with E-state index in [1.165, 1.54) is 31.4 Å². The van der Waals surface area contributed by atoms with Gasteiger partial charge in [-0.1, -0.05) is 17.7 Å². The molecule has 2 N–H and O–H groups in total. The Morgan fingerprint density at radius 1 is 1.12 bits per heavy atom. The molecule has 0 spiro atoms. The van der Waals surface area contributed by atoms with Crippen LogP contribution in [0.3, 0.4) is 0 Å². The van der Waals surface area contributed by atoms with Crippen molar-refractivity contribution in [1.82, 2.24) is 10.6 Å². The molecule has 32 heavy (non-hydrogen) atoms. The summed E-state index contributed by atoms with van der Waals surface area (Å²) in [5.74, 6) is -1.16. The Bertz CT molecular complexity index is 1040. The molecule has 3 fully saturated rings. The first-order valence-corrected chi connectivity index (χ1v) is 10.7. The monoisotopic (exact) mass is 464 g/mol. The van der Waals surface area contributed by atoms with Crippen molar-refractivity contribution in [3.05, 3.63) is 58.6 Å². The predicted octanol–water partition coefficient (Wildman–Crippen LogP) is 3.61. The highest BCUT2D eigenvalue weighted by Gasteiger charge is 2.58. The molecular formula is C23H23ClF2N2O4. The van der Waals surface area contributed by atoms with Crippen LogP contribution in [0, 0.1) is 23.5 Å². The lowest BCUT2D eigenvalue weighted by Gasteiger charge is -2.39. The molecule has 6 nitrogen and oxygen atoms in total. The normalized spacial score (nSPS) is 23.2. The van der Waals surface area contributed by atoms with Crippen LogP contribution < -0.4 is 20.1 Å². The summed E-state index contributed by atoms with van der Waals surface area (Å²) in [6, 6.07) is 8.53. The van der Waals surface area contributed by atoms with Gasteiger partial charge in [-0.3, -0.25) is 9.59 Å². The van der Waals surface area contributed by atoms with Crippen LogP contribution in [0.2, 0.25) is 5.02 Å². The van der Waals surface area contributed by atoms with Crippen LogP contribution in [0.5, 0.6) is 11.5 Å². The van der Waals surface area contributed by atoms with Crippen molar-refractivity contribution in [1.29, 1.82) is 0 Å². The molecule has 1 unspecified atom stereocenters. The van der Waals surface area contributed by atoms with Crippen LogP contribution in [0.1, 0.15) is 24.8 Å². The topological polar surface area (TPSA) is 76.7 Å². The van der Waals surface area contributed by atoms with Crippen molar-refractivity contribution in [2.75, 3.05) is 13.7 Å². The summed E-state index contributed by atoms with van der Waals surface area (Å²) in [7, 11) is 1.39. The zero-order valence-electron chi connectivity index (χ0n) is 17.4.